The molecule has 1 N–H and O–H groups in total. The largest absolute Gasteiger partial charge is 0.356 e. The van der Waals surface area contributed by atoms with E-state index in [0.29, 0.717) is 42.3 Å². The van der Waals surface area contributed by atoms with E-state index in [1.54, 1.807) is 38.4 Å². The quantitative estimate of drug-likeness (QED) is 0.565. The van der Waals surface area contributed by atoms with Crippen LogP contribution in [0.5, 0.6) is 0 Å². The second kappa shape index (κ2) is 10.0. The fourth-order valence-corrected chi connectivity index (χ4v) is 4.29. The maximum absolute atomic E-state index is 14.8. The summed E-state index contributed by atoms with van der Waals surface area (Å²) in [6, 6.07) is 12.4. The molecule has 0 radical (unpaired) electrons. The number of piperidine rings is 1. The summed E-state index contributed by atoms with van der Waals surface area (Å²) >= 11 is 12.4. The van der Waals surface area contributed by atoms with Crippen molar-refractivity contribution >= 4 is 35.1 Å². The number of amides is 2. The first-order chi connectivity index (χ1) is 16.2. The lowest BCUT2D eigenvalue weighted by atomic mass is 10.1. The molecule has 1 aliphatic heterocycles. The predicted molar refractivity (Wildman–Crippen MR) is 133 cm³/mol. The van der Waals surface area contributed by atoms with Crippen molar-refractivity contribution < 1.29 is 9.18 Å². The number of carbonyl (C=O) groups excluding carboxylic acids is 1. The molecule has 178 valence electrons. The third kappa shape index (κ3) is 5.03. The topological polar surface area (TPSA) is 70.5 Å². The summed E-state index contributed by atoms with van der Waals surface area (Å²) in [4.78, 5) is 33.5. The van der Waals surface area contributed by atoms with Gasteiger partial charge in [-0.25, -0.2) is 14.2 Å². The first-order valence-electron chi connectivity index (χ1n) is 10.8. The first-order valence-corrected chi connectivity index (χ1v) is 11.6. The molecule has 0 saturated carbocycles. The van der Waals surface area contributed by atoms with Crippen LogP contribution in [0, 0.1) is 5.82 Å². The predicted octanol–water partition coefficient (Wildman–Crippen LogP) is 4.59. The molecule has 4 rings (SSSR count). The maximum atomic E-state index is 14.8. The summed E-state index contributed by atoms with van der Waals surface area (Å²) in [5.74, 6) is 0.0650. The third-order valence-electron chi connectivity index (χ3n) is 5.72. The zero-order valence-corrected chi connectivity index (χ0v) is 20.3. The standard InChI is InChI=1S/C24H24Cl2FN5O2/c1-30(2)24(34)28-16-9-11-31(12-10-16)21-14-22(33)32(20-8-7-15(25)13-19(20)27)23(29-21)17-5-3-4-6-18(17)26/h3-8,13-14,16H,9-12H2,1-2H3,(H,28,34). The Morgan fingerprint density at radius 2 is 1.82 bits per heavy atom. The molecule has 1 aliphatic rings. The highest BCUT2D eigenvalue weighted by Crippen LogP contribution is 2.30. The Morgan fingerprint density at radius 3 is 2.47 bits per heavy atom. The van der Waals surface area contributed by atoms with Gasteiger partial charge < -0.3 is 15.1 Å². The van der Waals surface area contributed by atoms with E-state index < -0.39 is 11.4 Å². The molecule has 1 aromatic heterocycles. The zero-order chi connectivity index (χ0) is 24.4. The highest BCUT2D eigenvalue weighted by Gasteiger charge is 2.25. The van der Waals surface area contributed by atoms with Gasteiger partial charge in [0.15, 0.2) is 5.82 Å². The highest BCUT2D eigenvalue weighted by molar-refractivity contribution is 6.33. The van der Waals surface area contributed by atoms with Gasteiger partial charge in [0.25, 0.3) is 5.56 Å². The van der Waals surface area contributed by atoms with Crippen molar-refractivity contribution in [2.45, 2.75) is 18.9 Å². The normalized spacial score (nSPS) is 14.2. The van der Waals surface area contributed by atoms with Crippen molar-refractivity contribution in [1.82, 2.24) is 19.8 Å². The molecule has 2 aromatic carbocycles. The van der Waals surface area contributed by atoms with Crippen LogP contribution in [0.3, 0.4) is 0 Å². The first kappa shape index (κ1) is 24.0. The van der Waals surface area contributed by atoms with E-state index in [9.17, 15) is 14.0 Å². The fraction of sp³-hybridized carbons (Fsp3) is 0.292. The van der Waals surface area contributed by atoms with E-state index in [1.165, 1.54) is 27.7 Å². The molecular formula is C24H24Cl2FN5O2. The molecule has 7 nitrogen and oxygen atoms in total. The number of urea groups is 1. The van der Waals surface area contributed by atoms with Crippen LogP contribution in [0.2, 0.25) is 10.0 Å². The summed E-state index contributed by atoms with van der Waals surface area (Å²) in [6.07, 6.45) is 1.41. The second-order valence-corrected chi connectivity index (χ2v) is 9.14. The Kier molecular flexibility index (Phi) is 7.09. The van der Waals surface area contributed by atoms with Crippen LogP contribution in [-0.2, 0) is 0 Å². The van der Waals surface area contributed by atoms with Crippen LogP contribution in [0.1, 0.15) is 12.8 Å². The summed E-state index contributed by atoms with van der Waals surface area (Å²) in [6.45, 7) is 1.21. The lowest BCUT2D eigenvalue weighted by molar-refractivity contribution is 0.210. The number of nitrogens with one attached hydrogen (secondary N) is 1. The van der Waals surface area contributed by atoms with Gasteiger partial charge in [-0.1, -0.05) is 35.3 Å². The van der Waals surface area contributed by atoms with Crippen LogP contribution < -0.4 is 15.8 Å². The van der Waals surface area contributed by atoms with Crippen LogP contribution in [0.4, 0.5) is 15.0 Å². The summed E-state index contributed by atoms with van der Waals surface area (Å²) < 4.78 is 16.0. The van der Waals surface area contributed by atoms with E-state index in [1.807, 2.05) is 4.90 Å². The molecular weight excluding hydrogens is 480 g/mol. The number of aromatic nitrogens is 2. The number of benzene rings is 2. The van der Waals surface area contributed by atoms with Gasteiger partial charge >= 0.3 is 6.03 Å². The number of rotatable bonds is 4. The number of hydrogen-bond acceptors (Lipinski definition) is 4. The molecule has 0 spiro atoms. The monoisotopic (exact) mass is 503 g/mol. The van der Waals surface area contributed by atoms with Crippen molar-refractivity contribution in [3.05, 3.63) is 74.7 Å². The molecule has 0 unspecified atom stereocenters. The van der Waals surface area contributed by atoms with Crippen molar-refractivity contribution in [2.75, 3.05) is 32.1 Å². The van der Waals surface area contributed by atoms with Crippen molar-refractivity contribution in [3.63, 3.8) is 0 Å². The molecule has 0 bridgehead atoms. The van der Waals surface area contributed by atoms with Gasteiger partial charge in [-0.2, -0.15) is 0 Å². The van der Waals surface area contributed by atoms with Gasteiger partial charge in [0.05, 0.1) is 10.7 Å². The molecule has 1 saturated heterocycles. The van der Waals surface area contributed by atoms with Crippen molar-refractivity contribution in [3.8, 4) is 17.1 Å². The molecule has 0 atom stereocenters. The fourth-order valence-electron chi connectivity index (χ4n) is 3.91. The van der Waals surface area contributed by atoms with E-state index in [-0.39, 0.29) is 28.6 Å². The summed E-state index contributed by atoms with van der Waals surface area (Å²) in [5.41, 5.74) is 0.100. The van der Waals surface area contributed by atoms with Crippen LogP contribution in [0.25, 0.3) is 17.1 Å². The Balaban J connectivity index is 1.72. The van der Waals surface area contributed by atoms with Crippen LogP contribution in [-0.4, -0.2) is 53.7 Å². The van der Waals surface area contributed by atoms with E-state index >= 15 is 0 Å². The van der Waals surface area contributed by atoms with Crippen LogP contribution in [0.15, 0.2) is 53.3 Å². The summed E-state index contributed by atoms with van der Waals surface area (Å²) in [7, 11) is 3.40. The van der Waals surface area contributed by atoms with E-state index in [2.05, 4.69) is 5.32 Å². The lowest BCUT2D eigenvalue weighted by Gasteiger charge is -2.34. The van der Waals surface area contributed by atoms with Crippen molar-refractivity contribution in [2.24, 2.45) is 0 Å². The number of hydrogen-bond donors (Lipinski definition) is 1. The number of halogens is 3. The SMILES string of the molecule is CN(C)C(=O)NC1CCN(c2cc(=O)n(-c3ccc(Cl)cc3F)c(-c3ccccc3Cl)n2)CC1. The highest BCUT2D eigenvalue weighted by atomic mass is 35.5. The maximum Gasteiger partial charge on any atom is 0.317 e. The minimum absolute atomic E-state index is 0.0356. The minimum atomic E-state index is -0.644. The van der Waals surface area contributed by atoms with E-state index in [0.717, 1.165) is 6.07 Å². The molecule has 10 heteroatoms. The molecule has 1 fully saturated rings. The Hall–Kier alpha value is -3.10. The van der Waals surface area contributed by atoms with Gasteiger partial charge in [0.2, 0.25) is 0 Å². The second-order valence-electron chi connectivity index (χ2n) is 8.29. The zero-order valence-electron chi connectivity index (χ0n) is 18.8. The molecule has 2 amide bonds. The van der Waals surface area contributed by atoms with Crippen LogP contribution >= 0.6 is 23.2 Å². The Bertz CT molecular complexity index is 1270. The Morgan fingerprint density at radius 1 is 1.12 bits per heavy atom. The van der Waals surface area contributed by atoms with Gasteiger partial charge in [0.1, 0.15) is 11.6 Å². The van der Waals surface area contributed by atoms with Gasteiger partial charge in [-0.3, -0.25) is 9.36 Å². The van der Waals surface area contributed by atoms with Crippen molar-refractivity contribution in [1.29, 1.82) is 0 Å². The molecule has 3 aromatic rings. The minimum Gasteiger partial charge on any atom is -0.356 e. The summed E-state index contributed by atoms with van der Waals surface area (Å²) in [5, 5.41) is 3.61. The van der Waals surface area contributed by atoms with Gasteiger partial charge in [0, 0.05) is 49.9 Å². The lowest BCUT2D eigenvalue weighted by Crippen LogP contribution is -2.48. The average molecular weight is 504 g/mol. The van der Waals surface area contributed by atoms with E-state index in [4.69, 9.17) is 28.2 Å². The average Bonchev–Trinajstić information content (AvgIpc) is 2.80. The Labute approximate surface area is 206 Å². The smallest absolute Gasteiger partial charge is 0.317 e. The number of anilines is 1. The third-order valence-corrected chi connectivity index (χ3v) is 6.29. The van der Waals surface area contributed by atoms with Gasteiger partial charge in [-0.15, -0.1) is 0 Å². The number of nitrogens with zero attached hydrogens (tertiary/aromatic N) is 4. The van der Waals surface area contributed by atoms with Gasteiger partial charge in [-0.05, 0) is 43.2 Å². The molecule has 34 heavy (non-hydrogen) atoms. The molecule has 2 heterocycles. The molecule has 0 aliphatic carbocycles. The number of carbonyl (C=O) groups is 1.